The highest BCUT2D eigenvalue weighted by atomic mass is 16.5. The predicted octanol–water partition coefficient (Wildman–Crippen LogP) is 1.41. The van der Waals surface area contributed by atoms with Crippen molar-refractivity contribution >= 4 is 5.95 Å². The van der Waals surface area contributed by atoms with Gasteiger partial charge < -0.3 is 9.64 Å². The van der Waals surface area contributed by atoms with Crippen molar-refractivity contribution in [2.75, 3.05) is 38.2 Å². The van der Waals surface area contributed by atoms with E-state index >= 15 is 0 Å². The molecule has 2 atom stereocenters. The molecule has 3 aliphatic rings. The highest BCUT2D eigenvalue weighted by Crippen LogP contribution is 2.39. The average Bonchev–Trinajstić information content (AvgIpc) is 2.99. The van der Waals surface area contributed by atoms with Gasteiger partial charge in [-0.2, -0.15) is 0 Å². The first-order valence-corrected chi connectivity index (χ1v) is 7.68. The van der Waals surface area contributed by atoms with Gasteiger partial charge in [0.05, 0.1) is 19.5 Å². The lowest BCUT2D eigenvalue weighted by molar-refractivity contribution is 0.189. The fourth-order valence-electron chi connectivity index (χ4n) is 4.00. The summed E-state index contributed by atoms with van der Waals surface area (Å²) in [6.45, 7) is 4.80. The highest BCUT2D eigenvalue weighted by Gasteiger charge is 2.42. The van der Waals surface area contributed by atoms with E-state index in [2.05, 4.69) is 19.8 Å². The molecule has 5 heteroatoms. The quantitative estimate of drug-likeness (QED) is 0.833. The van der Waals surface area contributed by atoms with Gasteiger partial charge in [0.2, 0.25) is 5.95 Å². The second-order valence-electron chi connectivity index (χ2n) is 6.39. The van der Waals surface area contributed by atoms with E-state index in [0.29, 0.717) is 6.04 Å². The van der Waals surface area contributed by atoms with E-state index in [-0.39, 0.29) is 0 Å². The van der Waals surface area contributed by atoms with Gasteiger partial charge in [-0.25, -0.2) is 9.97 Å². The second-order valence-corrected chi connectivity index (χ2v) is 6.39. The van der Waals surface area contributed by atoms with Gasteiger partial charge in [0.25, 0.3) is 0 Å². The van der Waals surface area contributed by atoms with E-state index in [4.69, 9.17) is 4.74 Å². The Morgan fingerprint density at radius 1 is 1.05 bits per heavy atom. The van der Waals surface area contributed by atoms with Gasteiger partial charge in [-0.3, -0.25) is 4.90 Å². The van der Waals surface area contributed by atoms with E-state index < -0.39 is 0 Å². The Kier molecular flexibility index (Phi) is 3.02. The van der Waals surface area contributed by atoms with Crippen LogP contribution in [0.25, 0.3) is 0 Å². The van der Waals surface area contributed by atoms with Gasteiger partial charge in [0, 0.05) is 32.2 Å². The standard InChI is InChI=1S/C15H22N4O/c1-20-14-5-16-15(17-6-14)19-9-13(10-19)18-7-11-3-2-4-12(11)8-18/h5-6,11-13H,2-4,7-10H2,1H3. The maximum atomic E-state index is 5.09. The van der Waals surface area contributed by atoms with Crippen LogP contribution in [0.2, 0.25) is 0 Å². The Morgan fingerprint density at radius 3 is 2.30 bits per heavy atom. The van der Waals surface area contributed by atoms with Crippen molar-refractivity contribution in [3.63, 3.8) is 0 Å². The smallest absolute Gasteiger partial charge is 0.225 e. The van der Waals surface area contributed by atoms with Crippen molar-refractivity contribution in [3.05, 3.63) is 12.4 Å². The third-order valence-corrected chi connectivity index (χ3v) is 5.27. The molecule has 3 fully saturated rings. The third-order valence-electron chi connectivity index (χ3n) is 5.27. The fraction of sp³-hybridized carbons (Fsp3) is 0.733. The summed E-state index contributed by atoms with van der Waals surface area (Å²) >= 11 is 0. The molecule has 108 valence electrons. The Morgan fingerprint density at radius 2 is 1.70 bits per heavy atom. The van der Waals surface area contributed by atoms with E-state index in [9.17, 15) is 0 Å². The second kappa shape index (κ2) is 4.88. The number of anilines is 1. The van der Waals surface area contributed by atoms with Crippen molar-refractivity contribution in [2.45, 2.75) is 25.3 Å². The highest BCUT2D eigenvalue weighted by molar-refractivity contribution is 5.36. The van der Waals surface area contributed by atoms with Crippen LogP contribution in [-0.2, 0) is 0 Å². The van der Waals surface area contributed by atoms with Crippen LogP contribution in [0.1, 0.15) is 19.3 Å². The van der Waals surface area contributed by atoms with Crippen LogP contribution in [0.15, 0.2) is 12.4 Å². The summed E-state index contributed by atoms with van der Waals surface area (Å²) in [4.78, 5) is 13.7. The van der Waals surface area contributed by atoms with Crippen molar-refractivity contribution in [2.24, 2.45) is 11.8 Å². The summed E-state index contributed by atoms with van der Waals surface area (Å²) in [7, 11) is 1.64. The van der Waals surface area contributed by atoms with Gasteiger partial charge in [-0.1, -0.05) is 6.42 Å². The maximum absolute atomic E-state index is 5.09. The van der Waals surface area contributed by atoms with Gasteiger partial charge in [0.1, 0.15) is 0 Å². The molecule has 0 aromatic carbocycles. The minimum Gasteiger partial charge on any atom is -0.494 e. The molecule has 5 nitrogen and oxygen atoms in total. The summed E-state index contributed by atoms with van der Waals surface area (Å²) in [5, 5.41) is 0. The zero-order chi connectivity index (χ0) is 13.5. The number of rotatable bonds is 3. The molecule has 0 spiro atoms. The molecule has 2 aliphatic heterocycles. The largest absolute Gasteiger partial charge is 0.494 e. The number of fused-ring (bicyclic) bond motifs is 1. The third kappa shape index (κ3) is 2.04. The Bertz CT molecular complexity index is 459. The van der Waals surface area contributed by atoms with Crippen LogP contribution in [0.3, 0.4) is 0 Å². The molecule has 4 rings (SSSR count). The molecule has 1 aromatic rings. The summed E-state index contributed by atoms with van der Waals surface area (Å²) in [6, 6.07) is 0.714. The normalized spacial score (nSPS) is 30.4. The Labute approximate surface area is 120 Å². The Balaban J connectivity index is 1.33. The van der Waals surface area contributed by atoms with Crippen molar-refractivity contribution in [1.82, 2.24) is 14.9 Å². The minimum absolute atomic E-state index is 0.714. The lowest BCUT2D eigenvalue weighted by Gasteiger charge is -2.44. The average molecular weight is 274 g/mol. The molecule has 2 saturated heterocycles. The van der Waals surface area contributed by atoms with Crippen LogP contribution in [0.5, 0.6) is 5.75 Å². The Hall–Kier alpha value is -1.36. The minimum atomic E-state index is 0.714. The summed E-state index contributed by atoms with van der Waals surface area (Å²) in [5.41, 5.74) is 0. The molecule has 0 N–H and O–H groups in total. The number of methoxy groups -OCH3 is 1. The lowest BCUT2D eigenvalue weighted by Crippen LogP contribution is -2.59. The van der Waals surface area contributed by atoms with Crippen LogP contribution in [0.4, 0.5) is 5.95 Å². The monoisotopic (exact) mass is 274 g/mol. The van der Waals surface area contributed by atoms with Crippen molar-refractivity contribution < 1.29 is 4.74 Å². The number of nitrogens with zero attached hydrogens (tertiary/aromatic N) is 4. The summed E-state index contributed by atoms with van der Waals surface area (Å²) < 4.78 is 5.09. The van der Waals surface area contributed by atoms with Crippen LogP contribution >= 0.6 is 0 Å². The number of ether oxygens (including phenoxy) is 1. The van der Waals surface area contributed by atoms with Gasteiger partial charge in [0.15, 0.2) is 5.75 Å². The molecule has 1 aromatic heterocycles. The first-order valence-electron chi connectivity index (χ1n) is 7.68. The molecule has 3 heterocycles. The first-order chi connectivity index (χ1) is 9.83. The predicted molar refractivity (Wildman–Crippen MR) is 77.0 cm³/mol. The zero-order valence-corrected chi connectivity index (χ0v) is 12.0. The number of hydrogen-bond acceptors (Lipinski definition) is 5. The molecule has 1 saturated carbocycles. The molecule has 2 unspecified atom stereocenters. The topological polar surface area (TPSA) is 41.5 Å². The summed E-state index contributed by atoms with van der Waals surface area (Å²) in [5.74, 6) is 3.53. The van der Waals surface area contributed by atoms with E-state index in [1.165, 1.54) is 32.4 Å². The van der Waals surface area contributed by atoms with Gasteiger partial charge in [-0.05, 0) is 24.7 Å². The lowest BCUT2D eigenvalue weighted by atomic mass is 10.0. The van der Waals surface area contributed by atoms with Crippen LogP contribution < -0.4 is 9.64 Å². The SMILES string of the molecule is COc1cnc(N2CC(N3CC4CCCC4C3)C2)nc1. The van der Waals surface area contributed by atoms with Crippen LogP contribution in [0, 0.1) is 11.8 Å². The molecule has 20 heavy (non-hydrogen) atoms. The van der Waals surface area contributed by atoms with Gasteiger partial charge >= 0.3 is 0 Å². The number of hydrogen-bond donors (Lipinski definition) is 0. The fourth-order valence-corrected chi connectivity index (χ4v) is 4.00. The number of aromatic nitrogens is 2. The molecule has 0 radical (unpaired) electrons. The van der Waals surface area contributed by atoms with E-state index in [1.54, 1.807) is 19.5 Å². The first kappa shape index (κ1) is 12.4. The zero-order valence-electron chi connectivity index (χ0n) is 12.0. The molecule has 1 aliphatic carbocycles. The van der Waals surface area contributed by atoms with Gasteiger partial charge in [-0.15, -0.1) is 0 Å². The van der Waals surface area contributed by atoms with E-state index in [0.717, 1.165) is 36.6 Å². The molecular weight excluding hydrogens is 252 g/mol. The summed E-state index contributed by atoms with van der Waals surface area (Å²) in [6.07, 6.45) is 7.86. The van der Waals surface area contributed by atoms with E-state index in [1.807, 2.05) is 0 Å². The molecule has 0 amide bonds. The maximum Gasteiger partial charge on any atom is 0.225 e. The van der Waals surface area contributed by atoms with Crippen LogP contribution in [-0.4, -0.2) is 54.2 Å². The number of likely N-dealkylation sites (tertiary alicyclic amines) is 1. The van der Waals surface area contributed by atoms with Crippen molar-refractivity contribution in [3.8, 4) is 5.75 Å². The molecule has 0 bridgehead atoms. The van der Waals surface area contributed by atoms with Crippen molar-refractivity contribution in [1.29, 1.82) is 0 Å². The molecular formula is C15H22N4O.